The van der Waals surface area contributed by atoms with Gasteiger partial charge in [-0.1, -0.05) is 78.6 Å². The van der Waals surface area contributed by atoms with Gasteiger partial charge in [0.1, 0.15) is 0 Å². The van der Waals surface area contributed by atoms with Gasteiger partial charge in [-0.05, 0) is 36.5 Å². The Balaban J connectivity index is 3.72. The molecule has 0 rings (SSSR count). The van der Waals surface area contributed by atoms with Gasteiger partial charge >= 0.3 is 4.55 Å². The molecule has 0 saturated heterocycles. The summed E-state index contributed by atoms with van der Waals surface area (Å²) in [7, 11) is 0. The Labute approximate surface area is 154 Å². The molecular formula is C18H39BS3. The van der Waals surface area contributed by atoms with Crippen molar-refractivity contribution >= 4 is 39.4 Å². The largest absolute Gasteiger partial charge is 0.341 e. The Morgan fingerprint density at radius 1 is 0.455 bits per heavy atom. The van der Waals surface area contributed by atoms with Crippen LogP contribution in [0.1, 0.15) is 97.8 Å². The Morgan fingerprint density at radius 2 is 0.773 bits per heavy atom. The number of unbranched alkanes of at least 4 members (excludes halogenated alkanes) is 9. The van der Waals surface area contributed by atoms with Gasteiger partial charge in [-0.25, -0.2) is 0 Å². The number of hydrogen-bond acceptors (Lipinski definition) is 3. The first-order chi connectivity index (χ1) is 10.8. The van der Waals surface area contributed by atoms with Gasteiger partial charge < -0.3 is 0 Å². The fourth-order valence-corrected chi connectivity index (χ4v) is 6.85. The minimum atomic E-state index is 0.796. The molecule has 0 amide bonds. The SMILES string of the molecule is CCCCCCSB(SCCCCCC)SCCCCCC. The minimum absolute atomic E-state index is 0.796. The van der Waals surface area contributed by atoms with Crippen molar-refractivity contribution in [1.29, 1.82) is 0 Å². The summed E-state index contributed by atoms with van der Waals surface area (Å²) in [6, 6.07) is 0. The van der Waals surface area contributed by atoms with Crippen LogP contribution >= 0.6 is 34.8 Å². The summed E-state index contributed by atoms with van der Waals surface area (Å²) >= 11 is 6.68. The summed E-state index contributed by atoms with van der Waals surface area (Å²) in [4.78, 5) is 0. The Kier molecular flexibility index (Phi) is 21.2. The summed E-state index contributed by atoms with van der Waals surface area (Å²) in [6.45, 7) is 6.90. The highest BCUT2D eigenvalue weighted by Gasteiger charge is 2.15. The zero-order chi connectivity index (χ0) is 16.3. The quantitative estimate of drug-likeness (QED) is 0.179. The van der Waals surface area contributed by atoms with Crippen molar-refractivity contribution < 1.29 is 0 Å². The fraction of sp³-hybridized carbons (Fsp3) is 1.00. The molecule has 0 fully saturated rings. The van der Waals surface area contributed by atoms with Crippen LogP contribution in [0, 0.1) is 0 Å². The molecule has 0 unspecified atom stereocenters. The lowest BCUT2D eigenvalue weighted by molar-refractivity contribution is 0.706. The van der Waals surface area contributed by atoms with E-state index < -0.39 is 0 Å². The lowest BCUT2D eigenvalue weighted by Gasteiger charge is -2.13. The van der Waals surface area contributed by atoms with Gasteiger partial charge in [0.2, 0.25) is 0 Å². The van der Waals surface area contributed by atoms with Crippen LogP contribution in [-0.4, -0.2) is 21.8 Å². The predicted molar refractivity (Wildman–Crippen MR) is 116 cm³/mol. The zero-order valence-electron chi connectivity index (χ0n) is 15.4. The van der Waals surface area contributed by atoms with Gasteiger partial charge in [0.05, 0.1) is 0 Å². The van der Waals surface area contributed by atoms with E-state index in [1.807, 2.05) is 0 Å². The molecule has 0 aliphatic carbocycles. The second-order valence-corrected chi connectivity index (χ2v) is 10.6. The summed E-state index contributed by atoms with van der Waals surface area (Å²) in [5.41, 5.74) is 0. The van der Waals surface area contributed by atoms with Crippen LogP contribution in [0.5, 0.6) is 0 Å². The zero-order valence-corrected chi connectivity index (χ0v) is 17.9. The Bertz CT molecular complexity index is 169. The topological polar surface area (TPSA) is 0 Å². The molecule has 0 aromatic carbocycles. The van der Waals surface area contributed by atoms with Crippen molar-refractivity contribution in [1.82, 2.24) is 0 Å². The molecular weight excluding hydrogens is 323 g/mol. The summed E-state index contributed by atoms with van der Waals surface area (Å²) in [6.07, 6.45) is 16.9. The highest BCUT2D eigenvalue weighted by Crippen LogP contribution is 2.32. The van der Waals surface area contributed by atoms with Gasteiger partial charge in [0.15, 0.2) is 0 Å². The second-order valence-electron chi connectivity index (χ2n) is 6.08. The van der Waals surface area contributed by atoms with E-state index in [1.54, 1.807) is 0 Å². The van der Waals surface area contributed by atoms with Gasteiger partial charge in [0.25, 0.3) is 0 Å². The molecule has 0 nitrogen and oxygen atoms in total. The molecule has 132 valence electrons. The van der Waals surface area contributed by atoms with Crippen molar-refractivity contribution in [3.8, 4) is 0 Å². The third kappa shape index (κ3) is 17.5. The third-order valence-electron chi connectivity index (χ3n) is 3.76. The van der Waals surface area contributed by atoms with Crippen molar-refractivity contribution in [3.63, 3.8) is 0 Å². The standard InChI is InChI=1S/C18H39BS3/c1-4-7-10-13-16-20-19(21-17-14-11-8-5-2)22-18-15-12-9-6-3/h4-18H2,1-3H3. The average Bonchev–Trinajstić information content (AvgIpc) is 2.53. The number of hydrogen-bond donors (Lipinski definition) is 0. The van der Waals surface area contributed by atoms with E-state index >= 15 is 0 Å². The van der Waals surface area contributed by atoms with E-state index in [1.165, 1.54) is 94.3 Å². The van der Waals surface area contributed by atoms with E-state index in [-0.39, 0.29) is 0 Å². The molecule has 0 aromatic rings. The average molecular weight is 363 g/mol. The molecule has 22 heavy (non-hydrogen) atoms. The van der Waals surface area contributed by atoms with Crippen LogP contribution in [0.2, 0.25) is 0 Å². The molecule has 0 radical (unpaired) electrons. The monoisotopic (exact) mass is 362 g/mol. The molecule has 0 spiro atoms. The van der Waals surface area contributed by atoms with Crippen LogP contribution in [0.4, 0.5) is 0 Å². The molecule has 4 heteroatoms. The molecule has 0 saturated carbocycles. The lowest BCUT2D eigenvalue weighted by atomic mass is 10.2. The molecule has 0 atom stereocenters. The van der Waals surface area contributed by atoms with Gasteiger partial charge in [-0.3, -0.25) is 0 Å². The maximum atomic E-state index is 2.30. The second kappa shape index (κ2) is 20.2. The summed E-state index contributed by atoms with van der Waals surface area (Å²) in [5.74, 6) is 4.11. The normalized spacial score (nSPS) is 11.0. The fourth-order valence-electron chi connectivity index (χ4n) is 2.27. The number of rotatable bonds is 18. The van der Waals surface area contributed by atoms with Crippen LogP contribution in [-0.2, 0) is 0 Å². The van der Waals surface area contributed by atoms with Crippen molar-refractivity contribution in [2.45, 2.75) is 97.8 Å². The molecule has 0 bridgehead atoms. The Hall–Kier alpha value is 1.11. The first-order valence-electron chi connectivity index (χ1n) is 9.69. The first-order valence-corrected chi connectivity index (χ1v) is 12.8. The molecule has 0 aliphatic heterocycles. The van der Waals surface area contributed by atoms with E-state index in [0.717, 1.165) is 4.55 Å². The van der Waals surface area contributed by atoms with Gasteiger partial charge in [0, 0.05) is 0 Å². The third-order valence-corrected chi connectivity index (χ3v) is 8.59. The maximum absolute atomic E-state index is 2.30. The summed E-state index contributed by atoms with van der Waals surface area (Å²) < 4.78 is 0.796. The van der Waals surface area contributed by atoms with Crippen LogP contribution < -0.4 is 0 Å². The maximum Gasteiger partial charge on any atom is 0.341 e. The lowest BCUT2D eigenvalue weighted by Crippen LogP contribution is -2.03. The molecule has 0 aliphatic rings. The van der Waals surface area contributed by atoms with Gasteiger partial charge in [-0.2, -0.15) is 34.8 Å². The van der Waals surface area contributed by atoms with Crippen molar-refractivity contribution in [2.75, 3.05) is 17.3 Å². The van der Waals surface area contributed by atoms with E-state index in [2.05, 4.69) is 55.6 Å². The van der Waals surface area contributed by atoms with E-state index in [0.29, 0.717) is 0 Å². The Morgan fingerprint density at radius 3 is 1.05 bits per heavy atom. The molecule has 0 heterocycles. The van der Waals surface area contributed by atoms with E-state index in [4.69, 9.17) is 0 Å². The highest BCUT2D eigenvalue weighted by atomic mass is 32.3. The minimum Gasteiger partial charge on any atom is -0.184 e. The van der Waals surface area contributed by atoms with Crippen molar-refractivity contribution in [2.24, 2.45) is 0 Å². The van der Waals surface area contributed by atoms with Crippen molar-refractivity contribution in [3.05, 3.63) is 0 Å². The van der Waals surface area contributed by atoms with E-state index in [9.17, 15) is 0 Å². The van der Waals surface area contributed by atoms with Gasteiger partial charge in [-0.15, -0.1) is 0 Å². The highest BCUT2D eigenvalue weighted by molar-refractivity contribution is 8.76. The smallest absolute Gasteiger partial charge is 0.184 e. The first kappa shape index (κ1) is 23.1. The van der Waals surface area contributed by atoms with Crippen LogP contribution in [0.25, 0.3) is 0 Å². The predicted octanol–water partition coefficient (Wildman–Crippen LogP) is 7.91. The molecule has 0 aromatic heterocycles. The van der Waals surface area contributed by atoms with Crippen LogP contribution in [0.3, 0.4) is 0 Å². The summed E-state index contributed by atoms with van der Waals surface area (Å²) in [5, 5.41) is 0. The van der Waals surface area contributed by atoms with Crippen LogP contribution in [0.15, 0.2) is 0 Å². The molecule has 0 N–H and O–H groups in total.